The van der Waals surface area contributed by atoms with E-state index in [2.05, 4.69) is 0 Å². The SMILES string of the molecule is Cc1ccc(S(=O)(=O)N2C(=O)c3ccccc3C2C(F)(F)F)cc1. The maximum Gasteiger partial charge on any atom is 0.414 e. The first-order valence-electron chi connectivity index (χ1n) is 6.95. The number of sulfonamides is 1. The van der Waals surface area contributed by atoms with E-state index >= 15 is 0 Å². The van der Waals surface area contributed by atoms with E-state index in [1.807, 2.05) is 0 Å². The molecule has 2 aromatic carbocycles. The van der Waals surface area contributed by atoms with Crippen molar-refractivity contribution in [2.45, 2.75) is 24.0 Å². The molecule has 0 bridgehead atoms. The van der Waals surface area contributed by atoms with Gasteiger partial charge in [-0.25, -0.2) is 12.7 Å². The molecule has 126 valence electrons. The Morgan fingerprint density at radius 2 is 1.58 bits per heavy atom. The quantitative estimate of drug-likeness (QED) is 0.829. The number of hydrogen-bond acceptors (Lipinski definition) is 3. The number of rotatable bonds is 2. The molecular formula is C16H12F3NO3S. The Kier molecular flexibility index (Phi) is 3.67. The number of aryl methyl sites for hydroxylation is 1. The summed E-state index contributed by atoms with van der Waals surface area (Å²) in [6.45, 7) is 1.71. The van der Waals surface area contributed by atoms with Crippen molar-refractivity contribution in [1.82, 2.24) is 4.31 Å². The summed E-state index contributed by atoms with van der Waals surface area (Å²) >= 11 is 0. The molecule has 0 aromatic heterocycles. The maximum atomic E-state index is 13.5. The summed E-state index contributed by atoms with van der Waals surface area (Å²) in [6, 6.07) is 7.83. The van der Waals surface area contributed by atoms with Crippen LogP contribution in [-0.4, -0.2) is 24.8 Å². The Labute approximate surface area is 136 Å². The molecule has 1 unspecified atom stereocenters. The van der Waals surface area contributed by atoms with Crippen LogP contribution >= 0.6 is 0 Å². The number of nitrogens with zero attached hydrogens (tertiary/aromatic N) is 1. The zero-order valence-corrected chi connectivity index (χ0v) is 13.2. The predicted octanol–water partition coefficient (Wildman–Crippen LogP) is 3.44. The van der Waals surface area contributed by atoms with Gasteiger partial charge in [0.1, 0.15) is 0 Å². The molecule has 1 amide bonds. The number of hydrogen-bond donors (Lipinski definition) is 0. The van der Waals surface area contributed by atoms with Gasteiger partial charge in [0.2, 0.25) is 0 Å². The molecule has 1 atom stereocenters. The minimum Gasteiger partial charge on any atom is -0.268 e. The van der Waals surface area contributed by atoms with Gasteiger partial charge in [-0.3, -0.25) is 4.79 Å². The smallest absolute Gasteiger partial charge is 0.268 e. The van der Waals surface area contributed by atoms with Crippen molar-refractivity contribution in [1.29, 1.82) is 0 Å². The largest absolute Gasteiger partial charge is 0.414 e. The molecule has 0 radical (unpaired) electrons. The minimum absolute atomic E-state index is 0.0671. The molecule has 0 N–H and O–H groups in total. The van der Waals surface area contributed by atoms with Gasteiger partial charge >= 0.3 is 6.18 Å². The second-order valence-electron chi connectivity index (χ2n) is 5.45. The molecule has 4 nitrogen and oxygen atoms in total. The first-order chi connectivity index (χ1) is 11.1. The zero-order chi connectivity index (χ0) is 17.7. The van der Waals surface area contributed by atoms with Crippen LogP contribution in [-0.2, 0) is 10.0 Å². The molecule has 0 saturated heterocycles. The summed E-state index contributed by atoms with van der Waals surface area (Å²) in [5, 5.41) is 0. The Bertz CT molecular complexity index is 905. The Hall–Kier alpha value is -2.35. The van der Waals surface area contributed by atoms with Crippen LogP contribution in [0.5, 0.6) is 0 Å². The van der Waals surface area contributed by atoms with Crippen molar-refractivity contribution in [2.24, 2.45) is 0 Å². The summed E-state index contributed by atoms with van der Waals surface area (Å²) in [5.74, 6) is -1.17. The van der Waals surface area contributed by atoms with Crippen LogP contribution in [0.4, 0.5) is 13.2 Å². The number of alkyl halides is 3. The van der Waals surface area contributed by atoms with Gasteiger partial charge in [-0.1, -0.05) is 35.9 Å². The fraction of sp³-hybridized carbons (Fsp3) is 0.188. The predicted molar refractivity (Wildman–Crippen MR) is 79.8 cm³/mol. The van der Waals surface area contributed by atoms with E-state index in [4.69, 9.17) is 0 Å². The Morgan fingerprint density at radius 1 is 1.00 bits per heavy atom. The van der Waals surface area contributed by atoms with Crippen LogP contribution in [0.25, 0.3) is 0 Å². The van der Waals surface area contributed by atoms with Crippen molar-refractivity contribution in [2.75, 3.05) is 0 Å². The standard InChI is InChI=1S/C16H12F3NO3S/c1-10-6-8-11(9-7-10)24(22,23)20-14(16(17,18)19)12-4-2-3-5-13(12)15(20)21/h2-9,14H,1H3. The van der Waals surface area contributed by atoms with Crippen molar-refractivity contribution in [3.05, 3.63) is 65.2 Å². The molecule has 3 rings (SSSR count). The molecule has 0 spiro atoms. The molecule has 1 aliphatic rings. The lowest BCUT2D eigenvalue weighted by Crippen LogP contribution is -2.40. The van der Waals surface area contributed by atoms with Crippen molar-refractivity contribution < 1.29 is 26.4 Å². The van der Waals surface area contributed by atoms with Crippen LogP contribution in [0, 0.1) is 6.92 Å². The molecule has 0 fully saturated rings. The van der Waals surface area contributed by atoms with Gasteiger partial charge in [-0.15, -0.1) is 0 Å². The maximum absolute atomic E-state index is 13.5. The summed E-state index contributed by atoms with van der Waals surface area (Å²) < 4.78 is 65.9. The summed E-state index contributed by atoms with van der Waals surface area (Å²) in [5.41, 5.74) is 0.138. The monoisotopic (exact) mass is 355 g/mol. The van der Waals surface area contributed by atoms with Gasteiger partial charge in [-0.2, -0.15) is 13.2 Å². The lowest BCUT2D eigenvalue weighted by Gasteiger charge is -2.26. The highest BCUT2D eigenvalue weighted by Gasteiger charge is 2.56. The van der Waals surface area contributed by atoms with Crippen LogP contribution in [0.2, 0.25) is 0 Å². The van der Waals surface area contributed by atoms with Gasteiger partial charge in [-0.05, 0) is 30.7 Å². The summed E-state index contributed by atoms with van der Waals surface area (Å²) in [4.78, 5) is 12.0. The van der Waals surface area contributed by atoms with Gasteiger partial charge in [0.15, 0.2) is 6.04 Å². The normalized spacial score (nSPS) is 17.9. The average Bonchev–Trinajstić information content (AvgIpc) is 2.82. The lowest BCUT2D eigenvalue weighted by atomic mass is 10.1. The van der Waals surface area contributed by atoms with Gasteiger partial charge < -0.3 is 0 Å². The number of amides is 1. The van der Waals surface area contributed by atoms with Gasteiger partial charge in [0.05, 0.1) is 4.90 Å². The van der Waals surface area contributed by atoms with E-state index in [0.29, 0.717) is 0 Å². The first kappa shape index (κ1) is 16.5. The molecule has 1 aliphatic heterocycles. The number of benzene rings is 2. The van der Waals surface area contributed by atoms with Crippen molar-refractivity contribution in [3.8, 4) is 0 Å². The van der Waals surface area contributed by atoms with E-state index in [-0.39, 0.29) is 20.3 Å². The topological polar surface area (TPSA) is 54.5 Å². The molecule has 8 heteroatoms. The second kappa shape index (κ2) is 5.34. The Balaban J connectivity index is 2.19. The van der Waals surface area contributed by atoms with Crippen molar-refractivity contribution in [3.63, 3.8) is 0 Å². The molecule has 2 aromatic rings. The highest BCUT2D eigenvalue weighted by molar-refractivity contribution is 7.89. The minimum atomic E-state index is -4.92. The number of carbonyl (C=O) groups is 1. The third-order valence-electron chi connectivity index (χ3n) is 3.81. The first-order valence-corrected chi connectivity index (χ1v) is 8.39. The van der Waals surface area contributed by atoms with Gasteiger partial charge in [0, 0.05) is 5.56 Å². The zero-order valence-electron chi connectivity index (χ0n) is 12.4. The van der Waals surface area contributed by atoms with E-state index in [9.17, 15) is 26.4 Å². The number of halogens is 3. The van der Waals surface area contributed by atoms with Crippen LogP contribution in [0.1, 0.15) is 27.5 Å². The molecule has 24 heavy (non-hydrogen) atoms. The summed E-state index contributed by atoms with van der Waals surface area (Å²) in [6.07, 6.45) is -4.92. The molecule has 1 heterocycles. The highest BCUT2D eigenvalue weighted by atomic mass is 32.2. The summed E-state index contributed by atoms with van der Waals surface area (Å²) in [7, 11) is -4.64. The third kappa shape index (κ3) is 2.47. The lowest BCUT2D eigenvalue weighted by molar-refractivity contribution is -0.166. The number of carbonyl (C=O) groups excluding carboxylic acids is 1. The third-order valence-corrected chi connectivity index (χ3v) is 5.57. The van der Waals surface area contributed by atoms with Crippen LogP contribution < -0.4 is 0 Å². The fourth-order valence-electron chi connectivity index (χ4n) is 2.67. The van der Waals surface area contributed by atoms with Crippen LogP contribution in [0.3, 0.4) is 0 Å². The molecule has 0 aliphatic carbocycles. The average molecular weight is 355 g/mol. The van der Waals surface area contributed by atoms with E-state index in [0.717, 1.165) is 11.6 Å². The molecule has 0 saturated carbocycles. The van der Waals surface area contributed by atoms with E-state index in [1.165, 1.54) is 42.5 Å². The Morgan fingerprint density at radius 3 is 2.17 bits per heavy atom. The fourth-order valence-corrected chi connectivity index (χ4v) is 4.21. The van der Waals surface area contributed by atoms with E-state index < -0.39 is 28.1 Å². The van der Waals surface area contributed by atoms with Crippen LogP contribution in [0.15, 0.2) is 53.4 Å². The second-order valence-corrected chi connectivity index (χ2v) is 7.27. The van der Waals surface area contributed by atoms with Crippen molar-refractivity contribution >= 4 is 15.9 Å². The molecular weight excluding hydrogens is 343 g/mol. The van der Waals surface area contributed by atoms with E-state index in [1.54, 1.807) is 6.92 Å². The van der Waals surface area contributed by atoms with Gasteiger partial charge in [0.25, 0.3) is 15.9 Å². The number of fused-ring (bicyclic) bond motifs is 1. The highest BCUT2D eigenvalue weighted by Crippen LogP contribution is 2.46.